The first-order valence-corrected chi connectivity index (χ1v) is 7.29. The third-order valence-corrected chi connectivity index (χ3v) is 4.16. The van der Waals surface area contributed by atoms with Crippen molar-refractivity contribution < 1.29 is 23.1 Å². The SMILES string of the molecule is COCCN(Cc1ccccc1)S(=O)(=O)CC(=O)O. The Labute approximate surface area is 112 Å². The van der Waals surface area contributed by atoms with E-state index in [1.165, 1.54) is 7.11 Å². The van der Waals surface area contributed by atoms with Crippen molar-refractivity contribution in [3.8, 4) is 0 Å². The monoisotopic (exact) mass is 287 g/mol. The number of rotatable bonds is 8. The summed E-state index contributed by atoms with van der Waals surface area (Å²) in [7, 11) is -2.38. The van der Waals surface area contributed by atoms with Gasteiger partial charge >= 0.3 is 5.97 Å². The number of benzene rings is 1. The Morgan fingerprint density at radius 3 is 2.47 bits per heavy atom. The molecular formula is C12H17NO5S. The molecule has 0 radical (unpaired) electrons. The van der Waals surface area contributed by atoms with Gasteiger partial charge in [0.1, 0.15) is 0 Å². The van der Waals surface area contributed by atoms with Crippen LogP contribution in [0.1, 0.15) is 5.56 Å². The Morgan fingerprint density at radius 1 is 1.32 bits per heavy atom. The molecule has 0 bridgehead atoms. The molecule has 0 heterocycles. The number of carbonyl (C=O) groups is 1. The molecule has 0 aliphatic rings. The lowest BCUT2D eigenvalue weighted by molar-refractivity contribution is -0.134. The van der Waals surface area contributed by atoms with Gasteiger partial charge in [-0.15, -0.1) is 0 Å². The molecule has 0 aliphatic carbocycles. The number of carboxylic acids is 1. The molecule has 0 aliphatic heterocycles. The van der Waals surface area contributed by atoms with Crippen molar-refractivity contribution in [2.75, 3.05) is 26.0 Å². The van der Waals surface area contributed by atoms with E-state index in [9.17, 15) is 13.2 Å². The van der Waals surface area contributed by atoms with Gasteiger partial charge in [-0.3, -0.25) is 4.79 Å². The van der Waals surface area contributed by atoms with Gasteiger partial charge in [-0.25, -0.2) is 8.42 Å². The minimum Gasteiger partial charge on any atom is -0.480 e. The summed E-state index contributed by atoms with van der Waals surface area (Å²) in [6, 6.07) is 9.00. The zero-order chi connectivity index (χ0) is 14.3. The van der Waals surface area contributed by atoms with Crippen LogP contribution in [0, 0.1) is 0 Å². The van der Waals surface area contributed by atoms with E-state index < -0.39 is 21.7 Å². The summed E-state index contributed by atoms with van der Waals surface area (Å²) in [5, 5.41) is 8.65. The first-order valence-electron chi connectivity index (χ1n) is 5.68. The molecule has 7 heteroatoms. The van der Waals surface area contributed by atoms with E-state index in [2.05, 4.69) is 0 Å². The minimum atomic E-state index is -3.84. The fourth-order valence-electron chi connectivity index (χ4n) is 1.54. The second kappa shape index (κ2) is 7.22. The highest BCUT2D eigenvalue weighted by atomic mass is 32.2. The summed E-state index contributed by atoms with van der Waals surface area (Å²) in [4.78, 5) is 10.6. The van der Waals surface area contributed by atoms with Crippen LogP contribution in [-0.4, -0.2) is 49.8 Å². The van der Waals surface area contributed by atoms with Crippen molar-refractivity contribution >= 4 is 16.0 Å². The molecule has 19 heavy (non-hydrogen) atoms. The molecule has 0 atom stereocenters. The molecule has 0 amide bonds. The quantitative estimate of drug-likeness (QED) is 0.755. The molecule has 0 spiro atoms. The van der Waals surface area contributed by atoms with Gasteiger partial charge in [0.25, 0.3) is 0 Å². The van der Waals surface area contributed by atoms with Gasteiger partial charge in [0, 0.05) is 20.2 Å². The van der Waals surface area contributed by atoms with Crippen LogP contribution in [-0.2, 0) is 26.1 Å². The molecule has 1 aromatic rings. The Balaban J connectivity index is 2.85. The van der Waals surface area contributed by atoms with Gasteiger partial charge in [-0.1, -0.05) is 30.3 Å². The van der Waals surface area contributed by atoms with Gasteiger partial charge in [-0.05, 0) is 5.56 Å². The summed E-state index contributed by atoms with van der Waals surface area (Å²) < 4.78 is 29.9. The third-order valence-electron chi connectivity index (χ3n) is 2.45. The van der Waals surface area contributed by atoms with Crippen molar-refractivity contribution in [3.05, 3.63) is 35.9 Å². The summed E-state index contributed by atoms with van der Waals surface area (Å²) in [5.41, 5.74) is 0.799. The van der Waals surface area contributed by atoms with Gasteiger partial charge in [0.05, 0.1) is 6.61 Å². The predicted octanol–water partition coefficient (Wildman–Crippen LogP) is 0.549. The number of hydrogen-bond donors (Lipinski definition) is 1. The normalized spacial score (nSPS) is 11.7. The van der Waals surface area contributed by atoms with Crippen LogP contribution < -0.4 is 0 Å². The van der Waals surface area contributed by atoms with Crippen LogP contribution in [0.4, 0.5) is 0 Å². The van der Waals surface area contributed by atoms with Crippen molar-refractivity contribution in [1.29, 1.82) is 0 Å². The lowest BCUT2D eigenvalue weighted by Crippen LogP contribution is -2.37. The fraction of sp³-hybridized carbons (Fsp3) is 0.417. The van der Waals surface area contributed by atoms with Crippen molar-refractivity contribution in [2.45, 2.75) is 6.54 Å². The molecular weight excluding hydrogens is 270 g/mol. The number of carboxylic acid groups (broad SMARTS) is 1. The van der Waals surface area contributed by atoms with Crippen LogP contribution in [0.5, 0.6) is 0 Å². The highest BCUT2D eigenvalue weighted by molar-refractivity contribution is 7.89. The summed E-state index contributed by atoms with van der Waals surface area (Å²) >= 11 is 0. The first-order chi connectivity index (χ1) is 8.95. The molecule has 106 valence electrons. The van der Waals surface area contributed by atoms with E-state index in [1.807, 2.05) is 6.07 Å². The molecule has 1 aromatic carbocycles. The Kier molecular flexibility index (Phi) is 5.94. The number of hydrogen-bond acceptors (Lipinski definition) is 4. The molecule has 0 saturated carbocycles. The van der Waals surface area contributed by atoms with Gasteiger partial charge in [0.15, 0.2) is 5.75 Å². The van der Waals surface area contributed by atoms with Crippen LogP contribution in [0.25, 0.3) is 0 Å². The molecule has 0 saturated heterocycles. The van der Waals surface area contributed by atoms with E-state index in [-0.39, 0.29) is 19.7 Å². The maximum absolute atomic E-state index is 11.9. The smallest absolute Gasteiger partial charge is 0.320 e. The van der Waals surface area contributed by atoms with E-state index in [0.29, 0.717) is 0 Å². The number of aliphatic carboxylic acids is 1. The van der Waals surface area contributed by atoms with Crippen molar-refractivity contribution in [3.63, 3.8) is 0 Å². The van der Waals surface area contributed by atoms with Crippen LogP contribution in [0.2, 0.25) is 0 Å². The van der Waals surface area contributed by atoms with E-state index >= 15 is 0 Å². The maximum Gasteiger partial charge on any atom is 0.320 e. The molecule has 6 nitrogen and oxygen atoms in total. The van der Waals surface area contributed by atoms with Crippen molar-refractivity contribution in [2.24, 2.45) is 0 Å². The van der Waals surface area contributed by atoms with E-state index in [0.717, 1.165) is 9.87 Å². The molecule has 1 rings (SSSR count). The zero-order valence-corrected chi connectivity index (χ0v) is 11.5. The number of sulfonamides is 1. The fourth-order valence-corrected chi connectivity index (χ4v) is 2.74. The maximum atomic E-state index is 11.9. The molecule has 0 fully saturated rings. The molecule has 0 unspecified atom stereocenters. The van der Waals surface area contributed by atoms with Crippen LogP contribution >= 0.6 is 0 Å². The average molecular weight is 287 g/mol. The zero-order valence-electron chi connectivity index (χ0n) is 10.7. The van der Waals surface area contributed by atoms with E-state index in [1.54, 1.807) is 24.3 Å². The highest BCUT2D eigenvalue weighted by Gasteiger charge is 2.24. The predicted molar refractivity (Wildman–Crippen MR) is 70.2 cm³/mol. The number of nitrogens with zero attached hydrogens (tertiary/aromatic N) is 1. The third kappa shape index (κ3) is 5.37. The first kappa shape index (κ1) is 15.6. The average Bonchev–Trinajstić information content (AvgIpc) is 2.34. The highest BCUT2D eigenvalue weighted by Crippen LogP contribution is 2.09. The summed E-state index contributed by atoms with van der Waals surface area (Å²) in [5.74, 6) is -2.28. The Hall–Kier alpha value is -1.44. The number of methoxy groups -OCH3 is 1. The summed E-state index contributed by atoms with van der Waals surface area (Å²) in [6.45, 7) is 0.479. The molecule has 0 aromatic heterocycles. The second-order valence-corrected chi connectivity index (χ2v) is 5.93. The lowest BCUT2D eigenvalue weighted by Gasteiger charge is -2.21. The standard InChI is InChI=1S/C12H17NO5S/c1-18-8-7-13(19(16,17)10-12(14)15)9-11-5-3-2-4-6-11/h2-6H,7-10H2,1H3,(H,14,15). The van der Waals surface area contributed by atoms with Crippen LogP contribution in [0.15, 0.2) is 30.3 Å². The topological polar surface area (TPSA) is 83.9 Å². The van der Waals surface area contributed by atoms with Gasteiger partial charge in [0.2, 0.25) is 10.0 Å². The largest absolute Gasteiger partial charge is 0.480 e. The molecule has 1 N–H and O–H groups in total. The van der Waals surface area contributed by atoms with Crippen molar-refractivity contribution in [1.82, 2.24) is 4.31 Å². The minimum absolute atomic E-state index is 0.126. The van der Waals surface area contributed by atoms with Crippen LogP contribution in [0.3, 0.4) is 0 Å². The second-order valence-electron chi connectivity index (χ2n) is 3.96. The summed E-state index contributed by atoms with van der Waals surface area (Å²) in [6.07, 6.45) is 0. The number of ether oxygens (including phenoxy) is 1. The Morgan fingerprint density at radius 2 is 1.95 bits per heavy atom. The van der Waals surface area contributed by atoms with Gasteiger partial charge in [-0.2, -0.15) is 4.31 Å². The van der Waals surface area contributed by atoms with Gasteiger partial charge < -0.3 is 9.84 Å². The van der Waals surface area contributed by atoms with E-state index in [4.69, 9.17) is 9.84 Å². The Bertz CT molecular complexity index is 500. The lowest BCUT2D eigenvalue weighted by atomic mass is 10.2.